The predicted molar refractivity (Wildman–Crippen MR) is 54.4 cm³/mol. The van der Waals surface area contributed by atoms with Crippen LogP contribution in [0.2, 0.25) is 0 Å². The Labute approximate surface area is 87.2 Å². The largest absolute Gasteiger partial charge is 0.495 e. The second-order valence-corrected chi connectivity index (χ2v) is 3.50. The van der Waals surface area contributed by atoms with Gasteiger partial charge in [-0.2, -0.15) is 0 Å². The quantitative estimate of drug-likeness (QED) is 0.829. The van der Waals surface area contributed by atoms with Crippen LogP contribution in [0.5, 0.6) is 5.75 Å². The van der Waals surface area contributed by atoms with E-state index in [4.69, 9.17) is 4.74 Å². The fourth-order valence-corrected chi connectivity index (χ4v) is 1.65. The Bertz CT molecular complexity index is 538. The van der Waals surface area contributed by atoms with Crippen LogP contribution in [-0.4, -0.2) is 22.5 Å². The first kappa shape index (κ1) is 9.14. The second-order valence-electron chi connectivity index (χ2n) is 2.64. The minimum Gasteiger partial charge on any atom is -0.495 e. The van der Waals surface area contributed by atoms with Crippen LogP contribution in [0.4, 0.5) is 0 Å². The number of nitrogens with one attached hydrogen (secondary N) is 1. The summed E-state index contributed by atoms with van der Waals surface area (Å²) >= 11 is 3.29. The van der Waals surface area contributed by atoms with Gasteiger partial charge in [0.25, 0.3) is 5.56 Å². The Balaban J connectivity index is 2.86. The number of methoxy groups -OCH3 is 1. The van der Waals surface area contributed by atoms with E-state index in [-0.39, 0.29) is 5.56 Å². The molecule has 0 aliphatic heterocycles. The Morgan fingerprint density at radius 1 is 1.50 bits per heavy atom. The highest BCUT2D eigenvalue weighted by molar-refractivity contribution is 9.10. The van der Waals surface area contributed by atoms with Gasteiger partial charge in [-0.25, -0.2) is 5.10 Å². The molecule has 0 saturated heterocycles. The Morgan fingerprint density at radius 3 is 3.00 bits per heavy atom. The molecule has 2 aromatic rings. The average Bonchev–Trinajstić information content (AvgIpc) is 2.19. The number of fused-ring (bicyclic) bond motifs is 1. The Morgan fingerprint density at radius 2 is 2.29 bits per heavy atom. The Kier molecular flexibility index (Phi) is 2.20. The summed E-state index contributed by atoms with van der Waals surface area (Å²) in [5, 5.41) is 9.98. The summed E-state index contributed by atoms with van der Waals surface area (Å²) < 4.78 is 5.78. The molecule has 0 atom stereocenters. The molecule has 1 heterocycles. The zero-order chi connectivity index (χ0) is 10.1. The fourth-order valence-electron chi connectivity index (χ4n) is 1.15. The summed E-state index contributed by atoms with van der Waals surface area (Å²) in [5.74, 6) is 0.623. The van der Waals surface area contributed by atoms with Crippen molar-refractivity contribution in [3.05, 3.63) is 27.0 Å². The van der Waals surface area contributed by atoms with Crippen LogP contribution in [0.1, 0.15) is 0 Å². The number of halogens is 1. The molecule has 0 bridgehead atoms. The highest BCUT2D eigenvalue weighted by Gasteiger charge is 2.06. The topological polar surface area (TPSA) is 67.9 Å². The van der Waals surface area contributed by atoms with Crippen LogP contribution < -0.4 is 10.3 Å². The van der Waals surface area contributed by atoms with E-state index in [1.807, 2.05) is 0 Å². The van der Waals surface area contributed by atoms with Crippen molar-refractivity contribution in [3.63, 3.8) is 0 Å². The lowest BCUT2D eigenvalue weighted by Gasteiger charge is -2.03. The third kappa shape index (κ3) is 1.37. The lowest BCUT2D eigenvalue weighted by atomic mass is 10.2. The van der Waals surface area contributed by atoms with Gasteiger partial charge in [0, 0.05) is 6.07 Å². The lowest BCUT2D eigenvalue weighted by Crippen LogP contribution is -2.09. The predicted octanol–water partition coefficient (Wildman–Crippen LogP) is 1.09. The number of H-pyrrole nitrogens is 1. The molecule has 0 fully saturated rings. The summed E-state index contributed by atoms with van der Waals surface area (Å²) in [7, 11) is 1.55. The van der Waals surface area contributed by atoms with Gasteiger partial charge in [0.2, 0.25) is 0 Å². The molecule has 0 amide bonds. The van der Waals surface area contributed by atoms with Crippen LogP contribution in [0.15, 0.2) is 21.4 Å². The minimum atomic E-state index is -0.265. The third-order valence-electron chi connectivity index (χ3n) is 1.82. The summed E-state index contributed by atoms with van der Waals surface area (Å²) in [6, 6.07) is 3.31. The van der Waals surface area contributed by atoms with E-state index in [9.17, 15) is 4.79 Å². The van der Waals surface area contributed by atoms with Crippen LogP contribution in [0.3, 0.4) is 0 Å². The molecular formula is C8H6BrN3O2. The van der Waals surface area contributed by atoms with Gasteiger partial charge in [0.1, 0.15) is 11.3 Å². The highest BCUT2D eigenvalue weighted by Crippen LogP contribution is 2.27. The molecule has 2 rings (SSSR count). The molecule has 1 aromatic carbocycles. The molecule has 6 heteroatoms. The van der Waals surface area contributed by atoms with Crippen molar-refractivity contribution in [1.82, 2.24) is 15.4 Å². The summed E-state index contributed by atoms with van der Waals surface area (Å²) in [6.45, 7) is 0. The first-order valence-corrected chi connectivity index (χ1v) is 4.60. The summed E-state index contributed by atoms with van der Waals surface area (Å²) in [6.07, 6.45) is 0. The van der Waals surface area contributed by atoms with Gasteiger partial charge < -0.3 is 4.74 Å². The lowest BCUT2D eigenvalue weighted by molar-refractivity contribution is 0.412. The molecule has 0 radical (unpaired) electrons. The zero-order valence-electron chi connectivity index (χ0n) is 7.24. The van der Waals surface area contributed by atoms with Gasteiger partial charge in [-0.05, 0) is 22.0 Å². The van der Waals surface area contributed by atoms with Crippen molar-refractivity contribution in [1.29, 1.82) is 0 Å². The van der Waals surface area contributed by atoms with Gasteiger partial charge in [-0.3, -0.25) is 4.79 Å². The number of aromatic nitrogens is 3. The van der Waals surface area contributed by atoms with Crippen molar-refractivity contribution >= 4 is 26.8 Å². The molecule has 72 valence electrons. The van der Waals surface area contributed by atoms with Crippen LogP contribution >= 0.6 is 15.9 Å². The maximum Gasteiger partial charge on any atom is 0.275 e. The molecule has 0 saturated carbocycles. The molecule has 14 heavy (non-hydrogen) atoms. The third-order valence-corrected chi connectivity index (χ3v) is 2.44. The van der Waals surface area contributed by atoms with Gasteiger partial charge in [0.15, 0.2) is 0 Å². The molecular weight excluding hydrogens is 250 g/mol. The summed E-state index contributed by atoms with van der Waals surface area (Å²) in [4.78, 5) is 11.3. The second kappa shape index (κ2) is 3.38. The average molecular weight is 256 g/mol. The molecule has 1 aromatic heterocycles. The number of aromatic amines is 1. The smallest absolute Gasteiger partial charge is 0.275 e. The molecule has 0 aliphatic carbocycles. The minimum absolute atomic E-state index is 0.265. The summed E-state index contributed by atoms with van der Waals surface area (Å²) in [5.41, 5.74) is 0.243. The molecule has 0 spiro atoms. The van der Waals surface area contributed by atoms with Crippen molar-refractivity contribution in [2.24, 2.45) is 0 Å². The van der Waals surface area contributed by atoms with Gasteiger partial charge in [-0.1, -0.05) is 5.21 Å². The van der Waals surface area contributed by atoms with Crippen molar-refractivity contribution in [2.75, 3.05) is 7.11 Å². The monoisotopic (exact) mass is 255 g/mol. The number of hydrogen-bond acceptors (Lipinski definition) is 4. The van der Waals surface area contributed by atoms with E-state index < -0.39 is 0 Å². The van der Waals surface area contributed by atoms with Gasteiger partial charge in [-0.15, -0.1) is 5.10 Å². The van der Waals surface area contributed by atoms with Gasteiger partial charge in [0.05, 0.1) is 17.0 Å². The highest BCUT2D eigenvalue weighted by atomic mass is 79.9. The molecule has 0 unspecified atom stereocenters. The maximum atomic E-state index is 11.3. The first-order valence-electron chi connectivity index (χ1n) is 3.81. The fraction of sp³-hybridized carbons (Fsp3) is 0.125. The van der Waals surface area contributed by atoms with E-state index in [0.29, 0.717) is 21.1 Å². The van der Waals surface area contributed by atoms with Crippen molar-refractivity contribution in [2.45, 2.75) is 0 Å². The standard InChI is InChI=1S/C8H6BrN3O2/c1-14-7-3-6-4(2-5(7)9)8(13)11-12-10-6/h2-3H,1H3,(H,10,11,13). The SMILES string of the molecule is COc1cc2nn[nH]c(=O)c2cc1Br. The molecule has 5 nitrogen and oxygen atoms in total. The Hall–Kier alpha value is -1.43. The van der Waals surface area contributed by atoms with Crippen LogP contribution in [-0.2, 0) is 0 Å². The molecule has 0 aliphatic rings. The maximum absolute atomic E-state index is 11.3. The van der Waals surface area contributed by atoms with E-state index >= 15 is 0 Å². The number of ether oxygens (including phenoxy) is 1. The van der Waals surface area contributed by atoms with Crippen LogP contribution in [0.25, 0.3) is 10.9 Å². The normalized spacial score (nSPS) is 10.4. The number of nitrogens with zero attached hydrogens (tertiary/aromatic N) is 2. The number of benzene rings is 1. The first-order chi connectivity index (χ1) is 6.72. The van der Waals surface area contributed by atoms with Gasteiger partial charge >= 0.3 is 0 Å². The number of rotatable bonds is 1. The van der Waals surface area contributed by atoms with Crippen molar-refractivity contribution in [3.8, 4) is 5.75 Å². The molecule has 1 N–H and O–H groups in total. The van der Waals surface area contributed by atoms with Crippen molar-refractivity contribution < 1.29 is 4.74 Å². The number of hydrogen-bond donors (Lipinski definition) is 1. The zero-order valence-corrected chi connectivity index (χ0v) is 8.83. The van der Waals surface area contributed by atoms with E-state index in [1.54, 1.807) is 19.2 Å². The van der Waals surface area contributed by atoms with E-state index in [1.165, 1.54) is 0 Å². The van der Waals surface area contributed by atoms with E-state index in [0.717, 1.165) is 0 Å². The van der Waals surface area contributed by atoms with Crippen LogP contribution in [0, 0.1) is 0 Å². The van der Waals surface area contributed by atoms with E-state index in [2.05, 4.69) is 31.3 Å².